The van der Waals surface area contributed by atoms with Crippen LogP contribution in [0.2, 0.25) is 0 Å². The van der Waals surface area contributed by atoms with Crippen LogP contribution in [-0.4, -0.2) is 11.3 Å². The Kier molecular flexibility index (Phi) is 8.19. The highest BCUT2D eigenvalue weighted by atomic mass is 32.1. The summed E-state index contributed by atoms with van der Waals surface area (Å²) >= 11 is 3.83. The van der Waals surface area contributed by atoms with Gasteiger partial charge in [-0.25, -0.2) is 0 Å². The lowest BCUT2D eigenvalue weighted by Crippen LogP contribution is -2.60. The van der Waals surface area contributed by atoms with Gasteiger partial charge in [-0.15, -0.1) is 22.7 Å². The van der Waals surface area contributed by atoms with Crippen molar-refractivity contribution in [2.45, 2.75) is 59.3 Å². The third-order valence-corrected chi connectivity index (χ3v) is 16.5. The zero-order valence-corrected chi connectivity index (χ0v) is 39.5. The Hall–Kier alpha value is -6.60. The molecule has 0 bridgehead atoms. The number of para-hydroxylation sites is 1. The SMILES string of the molecule is Cc1cc2c3c(c1)-n1c4c(cccc4c4sc5ccccc5c41)B3c1ccc(N(c3ccc(C(C)(C)C)cc3)c3ccc(C(C)(C)C)cc3)cc1N2c1cccc2c1sc1ccccc12. The number of nitrogens with zero attached hydrogens (tertiary/aromatic N) is 3. The van der Waals surface area contributed by atoms with Gasteiger partial charge in [0.2, 0.25) is 0 Å². The number of aromatic nitrogens is 1. The van der Waals surface area contributed by atoms with Gasteiger partial charge < -0.3 is 14.4 Å². The van der Waals surface area contributed by atoms with Crippen LogP contribution in [0.5, 0.6) is 0 Å². The standard InChI is InChI=1S/C59H48BN3S2/c1-35-32-49-53-50(33-35)63-54-44(57-55(63)43-15-9-11-21-52(43)65-57)17-12-18-46(54)60(53)45-31-30-40(34-48(45)62(49)47-19-13-16-42-41-14-8-10-20-51(41)64-56(42)47)61(38-26-22-36(23-27-38)58(2,3)4)39-28-24-37(25-29-39)59(5,6)7/h8-34H,1-7H3. The van der Waals surface area contributed by atoms with Crippen LogP contribution in [0.25, 0.3) is 57.1 Å². The zero-order chi connectivity index (χ0) is 44.1. The predicted octanol–water partition coefficient (Wildman–Crippen LogP) is 15.4. The van der Waals surface area contributed by atoms with Crippen molar-refractivity contribution in [3.8, 4) is 5.69 Å². The third-order valence-electron chi connectivity index (χ3n) is 14.1. The Bertz CT molecular complexity index is 3700. The first-order valence-corrected chi connectivity index (χ1v) is 24.5. The Morgan fingerprint density at radius 3 is 1.71 bits per heavy atom. The van der Waals surface area contributed by atoms with Gasteiger partial charge in [0.05, 0.1) is 26.1 Å². The van der Waals surface area contributed by atoms with E-state index in [2.05, 4.69) is 227 Å². The van der Waals surface area contributed by atoms with Crippen LogP contribution < -0.4 is 26.2 Å². The van der Waals surface area contributed by atoms with Crippen LogP contribution >= 0.6 is 22.7 Å². The van der Waals surface area contributed by atoms with Crippen LogP contribution in [0, 0.1) is 6.92 Å². The molecule has 65 heavy (non-hydrogen) atoms. The van der Waals surface area contributed by atoms with Gasteiger partial charge in [0.1, 0.15) is 0 Å². The molecule has 3 nitrogen and oxygen atoms in total. The summed E-state index contributed by atoms with van der Waals surface area (Å²) in [6.45, 7) is 16.1. The molecule has 13 rings (SSSR count). The van der Waals surface area contributed by atoms with E-state index in [1.54, 1.807) is 0 Å². The van der Waals surface area contributed by atoms with Gasteiger partial charge in [-0.3, -0.25) is 0 Å². The second-order valence-corrected chi connectivity index (χ2v) is 22.4. The molecule has 0 atom stereocenters. The highest BCUT2D eigenvalue weighted by Gasteiger charge is 2.43. The maximum Gasteiger partial charge on any atom is 0.252 e. The molecule has 6 heteroatoms. The topological polar surface area (TPSA) is 11.4 Å². The van der Waals surface area contributed by atoms with Crippen molar-refractivity contribution in [1.82, 2.24) is 4.57 Å². The fraction of sp³-hybridized carbons (Fsp3) is 0.153. The minimum atomic E-state index is 0.0413. The first kappa shape index (κ1) is 38.8. The molecule has 5 heterocycles. The second-order valence-electron chi connectivity index (χ2n) is 20.3. The highest BCUT2D eigenvalue weighted by molar-refractivity contribution is 7.27. The third kappa shape index (κ3) is 5.66. The number of rotatable bonds is 4. The van der Waals surface area contributed by atoms with E-state index in [0.29, 0.717) is 0 Å². The van der Waals surface area contributed by atoms with Crippen LogP contribution in [0.15, 0.2) is 164 Å². The van der Waals surface area contributed by atoms with Crippen molar-refractivity contribution >= 4 is 131 Å². The van der Waals surface area contributed by atoms with Gasteiger partial charge >= 0.3 is 0 Å². The molecule has 0 saturated carbocycles. The number of hydrogen-bond donors (Lipinski definition) is 0. The summed E-state index contributed by atoms with van der Waals surface area (Å²) in [6.07, 6.45) is 0. The number of anilines is 6. The molecule has 0 amide bonds. The van der Waals surface area contributed by atoms with Crippen molar-refractivity contribution < 1.29 is 0 Å². The van der Waals surface area contributed by atoms with Crippen LogP contribution in [0.1, 0.15) is 58.2 Å². The average Bonchev–Trinajstić information content (AvgIpc) is 3.97. The summed E-state index contributed by atoms with van der Waals surface area (Å²) in [5, 5.41) is 5.27. The summed E-state index contributed by atoms with van der Waals surface area (Å²) in [5.74, 6) is 0. The lowest BCUT2D eigenvalue weighted by molar-refractivity contribution is 0.590. The average molecular weight is 874 g/mol. The summed E-state index contributed by atoms with van der Waals surface area (Å²) in [5.41, 5.74) is 19.1. The molecular formula is C59H48BN3S2. The zero-order valence-electron chi connectivity index (χ0n) is 37.8. The molecule has 0 saturated heterocycles. The van der Waals surface area contributed by atoms with Crippen molar-refractivity contribution in [2.75, 3.05) is 9.80 Å². The molecule has 2 aliphatic heterocycles. The Labute approximate surface area is 388 Å². The van der Waals surface area contributed by atoms with Crippen molar-refractivity contribution in [3.63, 3.8) is 0 Å². The second kappa shape index (κ2) is 13.7. The van der Waals surface area contributed by atoms with Crippen LogP contribution in [0.3, 0.4) is 0 Å². The summed E-state index contributed by atoms with van der Waals surface area (Å²) in [4.78, 5) is 5.08. The van der Waals surface area contributed by atoms with Gasteiger partial charge in [0, 0.05) is 65.1 Å². The predicted molar refractivity (Wildman–Crippen MR) is 285 cm³/mol. The molecule has 8 aromatic carbocycles. The highest BCUT2D eigenvalue weighted by Crippen LogP contribution is 2.50. The number of benzene rings is 8. The lowest BCUT2D eigenvalue weighted by atomic mass is 9.33. The smallest absolute Gasteiger partial charge is 0.252 e. The summed E-state index contributed by atoms with van der Waals surface area (Å²) in [7, 11) is 0. The molecule has 314 valence electrons. The Morgan fingerprint density at radius 2 is 1.02 bits per heavy atom. The van der Waals surface area contributed by atoms with Gasteiger partial charge in [-0.2, -0.15) is 0 Å². The van der Waals surface area contributed by atoms with E-state index in [4.69, 9.17) is 0 Å². The lowest BCUT2D eigenvalue weighted by Gasteiger charge is -2.41. The van der Waals surface area contributed by atoms with E-state index in [1.807, 2.05) is 22.7 Å². The van der Waals surface area contributed by atoms with E-state index in [-0.39, 0.29) is 17.5 Å². The van der Waals surface area contributed by atoms with E-state index >= 15 is 0 Å². The maximum atomic E-state index is 2.63. The van der Waals surface area contributed by atoms with E-state index in [9.17, 15) is 0 Å². The molecule has 0 aliphatic carbocycles. The molecular weight excluding hydrogens is 826 g/mol. The maximum absolute atomic E-state index is 2.63. The van der Waals surface area contributed by atoms with Gasteiger partial charge in [-0.05, 0) is 118 Å². The van der Waals surface area contributed by atoms with Crippen molar-refractivity contribution in [2.24, 2.45) is 0 Å². The molecule has 2 aliphatic rings. The fourth-order valence-corrected chi connectivity index (χ4v) is 13.4. The van der Waals surface area contributed by atoms with Crippen LogP contribution in [-0.2, 0) is 10.8 Å². The largest absolute Gasteiger partial charge is 0.310 e. The van der Waals surface area contributed by atoms with Gasteiger partial charge in [-0.1, -0.05) is 139 Å². The molecule has 3 aromatic heterocycles. The number of hydrogen-bond acceptors (Lipinski definition) is 4. The first-order chi connectivity index (χ1) is 31.4. The molecule has 0 spiro atoms. The van der Waals surface area contributed by atoms with Gasteiger partial charge in [0.25, 0.3) is 6.71 Å². The van der Waals surface area contributed by atoms with Crippen molar-refractivity contribution in [3.05, 3.63) is 180 Å². The molecule has 11 aromatic rings. The number of fused-ring (bicyclic) bond motifs is 12. The van der Waals surface area contributed by atoms with E-state index in [1.165, 1.54) is 107 Å². The quantitative estimate of drug-likeness (QED) is 0.163. The molecule has 0 radical (unpaired) electrons. The van der Waals surface area contributed by atoms with E-state index < -0.39 is 0 Å². The van der Waals surface area contributed by atoms with E-state index in [0.717, 1.165) is 17.1 Å². The minimum Gasteiger partial charge on any atom is -0.310 e. The summed E-state index contributed by atoms with van der Waals surface area (Å²) < 4.78 is 7.94. The molecule has 0 N–H and O–H groups in total. The summed E-state index contributed by atoms with van der Waals surface area (Å²) in [6, 6.07) is 62.6. The first-order valence-electron chi connectivity index (χ1n) is 22.9. The van der Waals surface area contributed by atoms with Gasteiger partial charge in [0.15, 0.2) is 0 Å². The Balaban J connectivity index is 1.12. The van der Waals surface area contributed by atoms with Crippen LogP contribution in [0.4, 0.5) is 34.1 Å². The number of aryl methyl sites for hydroxylation is 1. The normalized spacial score (nSPS) is 13.4. The minimum absolute atomic E-state index is 0.0413. The number of thiophene rings is 2. The monoisotopic (exact) mass is 873 g/mol. The molecule has 0 fully saturated rings. The Morgan fingerprint density at radius 1 is 0.446 bits per heavy atom. The fourth-order valence-electron chi connectivity index (χ4n) is 11.0. The van der Waals surface area contributed by atoms with Crippen molar-refractivity contribution in [1.29, 1.82) is 0 Å². The molecule has 0 unspecified atom stereocenters.